The molecule has 4 nitrogen and oxygen atoms in total. The third-order valence-corrected chi connectivity index (χ3v) is 4.72. The van der Waals surface area contributed by atoms with Crippen molar-refractivity contribution in [1.29, 1.82) is 0 Å². The zero-order valence-corrected chi connectivity index (χ0v) is 11.1. The van der Waals surface area contributed by atoms with Crippen molar-refractivity contribution in [2.75, 3.05) is 5.32 Å². The summed E-state index contributed by atoms with van der Waals surface area (Å²) in [6.07, 6.45) is 10.1. The Kier molecular flexibility index (Phi) is 3.17. The van der Waals surface area contributed by atoms with Gasteiger partial charge >= 0.3 is 0 Å². The minimum atomic E-state index is -0.234. The number of carbonyl (C=O) groups excluding carboxylic acids is 1. The van der Waals surface area contributed by atoms with Crippen LogP contribution in [-0.4, -0.2) is 10.9 Å². The zero-order valence-electron chi connectivity index (χ0n) is 11.1. The molecule has 2 fully saturated rings. The molecule has 0 saturated heterocycles. The molecular formula is C15H20N2O2. The summed E-state index contributed by atoms with van der Waals surface area (Å²) in [5, 5.41) is 2.75. The highest BCUT2D eigenvalue weighted by Gasteiger charge is 2.47. The molecular weight excluding hydrogens is 240 g/mol. The highest BCUT2D eigenvalue weighted by atomic mass is 16.2. The molecule has 2 N–H and O–H groups in total. The Bertz CT molecular complexity index is 521. The number of rotatable bonds is 2. The van der Waals surface area contributed by atoms with E-state index < -0.39 is 0 Å². The molecule has 1 heterocycles. The Balaban J connectivity index is 1.58. The Morgan fingerprint density at radius 2 is 2.00 bits per heavy atom. The van der Waals surface area contributed by atoms with E-state index in [1.165, 1.54) is 32.1 Å². The van der Waals surface area contributed by atoms with Crippen molar-refractivity contribution in [1.82, 2.24) is 4.98 Å². The Labute approximate surface area is 112 Å². The number of aromatic nitrogens is 1. The third-order valence-electron chi connectivity index (χ3n) is 4.72. The molecule has 19 heavy (non-hydrogen) atoms. The second-order valence-electron chi connectivity index (χ2n) is 6.07. The van der Waals surface area contributed by atoms with E-state index in [0.717, 1.165) is 12.8 Å². The predicted molar refractivity (Wildman–Crippen MR) is 73.9 cm³/mol. The molecule has 0 radical (unpaired) electrons. The average Bonchev–Trinajstić information content (AvgIpc) is 2.39. The lowest BCUT2D eigenvalue weighted by molar-refractivity contribution is -0.128. The maximum Gasteiger partial charge on any atom is 0.271 e. The molecule has 0 unspecified atom stereocenters. The topological polar surface area (TPSA) is 62.0 Å². The van der Waals surface area contributed by atoms with E-state index in [0.29, 0.717) is 11.1 Å². The van der Waals surface area contributed by atoms with E-state index in [1.54, 1.807) is 18.3 Å². The van der Waals surface area contributed by atoms with E-state index >= 15 is 0 Å². The summed E-state index contributed by atoms with van der Waals surface area (Å²) >= 11 is 0. The molecule has 2 aliphatic rings. The van der Waals surface area contributed by atoms with Crippen LogP contribution in [-0.2, 0) is 4.79 Å². The second-order valence-corrected chi connectivity index (χ2v) is 6.07. The highest BCUT2D eigenvalue weighted by Crippen LogP contribution is 2.54. The summed E-state index contributed by atoms with van der Waals surface area (Å²) in [7, 11) is 0. The van der Waals surface area contributed by atoms with Crippen LogP contribution in [0, 0.1) is 11.3 Å². The van der Waals surface area contributed by atoms with Crippen LogP contribution >= 0.6 is 0 Å². The molecule has 0 atom stereocenters. The quantitative estimate of drug-likeness (QED) is 0.858. The molecule has 102 valence electrons. The van der Waals surface area contributed by atoms with Gasteiger partial charge in [0.15, 0.2) is 0 Å². The number of aromatic amines is 1. The number of amides is 1. The van der Waals surface area contributed by atoms with Gasteiger partial charge in [0.1, 0.15) is 5.69 Å². The lowest BCUT2D eigenvalue weighted by Crippen LogP contribution is -2.44. The van der Waals surface area contributed by atoms with Gasteiger partial charge < -0.3 is 10.3 Å². The van der Waals surface area contributed by atoms with Gasteiger partial charge in [0.25, 0.3) is 5.56 Å². The summed E-state index contributed by atoms with van der Waals surface area (Å²) < 4.78 is 0. The predicted octanol–water partition coefficient (Wildman–Crippen LogP) is 2.67. The zero-order chi connectivity index (χ0) is 13.3. The first-order chi connectivity index (χ1) is 9.19. The highest BCUT2D eigenvalue weighted by molar-refractivity contribution is 5.93. The van der Waals surface area contributed by atoms with Crippen molar-refractivity contribution in [3.63, 3.8) is 0 Å². The van der Waals surface area contributed by atoms with E-state index in [-0.39, 0.29) is 17.4 Å². The van der Waals surface area contributed by atoms with Gasteiger partial charge in [-0.3, -0.25) is 9.59 Å². The second kappa shape index (κ2) is 4.83. The lowest BCUT2D eigenvalue weighted by atomic mass is 9.55. The Morgan fingerprint density at radius 3 is 2.68 bits per heavy atom. The van der Waals surface area contributed by atoms with Crippen molar-refractivity contribution < 1.29 is 4.79 Å². The first kappa shape index (κ1) is 12.5. The molecule has 1 spiro atoms. The van der Waals surface area contributed by atoms with E-state index in [1.807, 2.05) is 0 Å². The van der Waals surface area contributed by atoms with Gasteiger partial charge in [0.2, 0.25) is 5.91 Å². The van der Waals surface area contributed by atoms with E-state index in [2.05, 4.69) is 10.3 Å². The first-order valence-corrected chi connectivity index (χ1v) is 7.17. The largest absolute Gasteiger partial charge is 0.327 e. The molecule has 1 aromatic rings. The maximum atomic E-state index is 12.1. The third kappa shape index (κ3) is 2.44. The van der Waals surface area contributed by atoms with Crippen molar-refractivity contribution >= 4 is 11.6 Å². The van der Waals surface area contributed by atoms with E-state index in [4.69, 9.17) is 0 Å². The van der Waals surface area contributed by atoms with Crippen LogP contribution in [0.4, 0.5) is 5.69 Å². The molecule has 1 aromatic heterocycles. The van der Waals surface area contributed by atoms with Crippen molar-refractivity contribution in [3.8, 4) is 0 Å². The fraction of sp³-hybridized carbons (Fsp3) is 0.600. The normalized spacial score (nSPS) is 21.9. The Hall–Kier alpha value is -1.58. The minimum Gasteiger partial charge on any atom is -0.327 e. The number of carbonyl (C=O) groups is 1. The summed E-state index contributed by atoms with van der Waals surface area (Å²) in [5.41, 5.74) is 0.572. The van der Waals surface area contributed by atoms with Gasteiger partial charge in [-0.1, -0.05) is 19.3 Å². The monoisotopic (exact) mass is 260 g/mol. The number of hydrogen-bond acceptors (Lipinski definition) is 2. The fourth-order valence-electron chi connectivity index (χ4n) is 3.64. The van der Waals surface area contributed by atoms with Gasteiger partial charge in [-0.15, -0.1) is 0 Å². The van der Waals surface area contributed by atoms with Crippen LogP contribution in [0.15, 0.2) is 23.1 Å². The SMILES string of the molecule is O=C(Nc1ccc[nH]c1=O)C1CC2(CCCCC2)C1. The molecule has 4 heteroatoms. The fourth-order valence-corrected chi connectivity index (χ4v) is 3.64. The summed E-state index contributed by atoms with van der Waals surface area (Å²) in [6.45, 7) is 0. The number of pyridine rings is 1. The molecule has 2 aliphatic carbocycles. The molecule has 0 aliphatic heterocycles. The van der Waals surface area contributed by atoms with Crippen LogP contribution in [0.5, 0.6) is 0 Å². The summed E-state index contributed by atoms with van der Waals surface area (Å²) in [4.78, 5) is 26.2. The van der Waals surface area contributed by atoms with Gasteiger partial charge in [-0.2, -0.15) is 0 Å². The molecule has 1 amide bonds. The molecule has 0 aromatic carbocycles. The number of anilines is 1. The maximum absolute atomic E-state index is 12.1. The molecule has 2 saturated carbocycles. The van der Waals surface area contributed by atoms with Crippen LogP contribution in [0.2, 0.25) is 0 Å². The van der Waals surface area contributed by atoms with Gasteiger partial charge in [0.05, 0.1) is 0 Å². The Morgan fingerprint density at radius 1 is 1.26 bits per heavy atom. The average molecular weight is 260 g/mol. The van der Waals surface area contributed by atoms with Crippen molar-refractivity contribution in [2.24, 2.45) is 11.3 Å². The number of H-pyrrole nitrogens is 1. The van der Waals surface area contributed by atoms with Crippen LogP contribution < -0.4 is 10.9 Å². The lowest BCUT2D eigenvalue weighted by Gasteiger charge is -2.49. The standard InChI is InChI=1S/C15H20N2O2/c18-13(17-12-5-4-8-16-14(12)19)11-9-15(10-11)6-2-1-3-7-15/h4-5,8,11H,1-3,6-7,9-10H2,(H,16,19)(H,17,18). The summed E-state index contributed by atoms with van der Waals surface area (Å²) in [5.74, 6) is 0.102. The molecule has 0 bridgehead atoms. The summed E-state index contributed by atoms with van der Waals surface area (Å²) in [6, 6.07) is 3.37. The first-order valence-electron chi connectivity index (χ1n) is 7.17. The van der Waals surface area contributed by atoms with Gasteiger partial charge in [-0.05, 0) is 43.2 Å². The van der Waals surface area contributed by atoms with Gasteiger partial charge in [-0.25, -0.2) is 0 Å². The van der Waals surface area contributed by atoms with Crippen molar-refractivity contribution in [2.45, 2.75) is 44.9 Å². The number of hydrogen-bond donors (Lipinski definition) is 2. The number of nitrogens with one attached hydrogen (secondary N) is 2. The van der Waals surface area contributed by atoms with E-state index in [9.17, 15) is 9.59 Å². The molecule has 3 rings (SSSR count). The van der Waals surface area contributed by atoms with Crippen LogP contribution in [0.3, 0.4) is 0 Å². The minimum absolute atomic E-state index is 0.00731. The van der Waals surface area contributed by atoms with Crippen LogP contribution in [0.25, 0.3) is 0 Å². The van der Waals surface area contributed by atoms with Crippen molar-refractivity contribution in [3.05, 3.63) is 28.7 Å². The smallest absolute Gasteiger partial charge is 0.271 e. The van der Waals surface area contributed by atoms with Gasteiger partial charge in [0, 0.05) is 12.1 Å². The van der Waals surface area contributed by atoms with Crippen LogP contribution in [0.1, 0.15) is 44.9 Å².